The van der Waals surface area contributed by atoms with Crippen LogP contribution in [0.5, 0.6) is 5.75 Å². The number of nitrogens with zero attached hydrogens (tertiary/aromatic N) is 4. The molecular formula is C32H29N5O4S. The number of allylic oxidation sites excluding steroid dienone is 1. The SMILES string of the molecule is CCOC(=O)C1=C(C)Nc2nc(SCc3ccc(-c4ncc(-c5ccccc5)o4)cc3)nn2C1c1ccc(OC)cc1. The summed E-state index contributed by atoms with van der Waals surface area (Å²) in [6.07, 6.45) is 1.75. The largest absolute Gasteiger partial charge is 0.497 e. The molecule has 1 aliphatic rings. The molecule has 1 N–H and O–H groups in total. The minimum absolute atomic E-state index is 0.277. The van der Waals surface area contributed by atoms with Gasteiger partial charge < -0.3 is 19.2 Å². The number of rotatable bonds is 9. The summed E-state index contributed by atoms with van der Waals surface area (Å²) in [4.78, 5) is 22.2. The highest BCUT2D eigenvalue weighted by atomic mass is 32.2. The van der Waals surface area contributed by atoms with E-state index in [1.165, 1.54) is 11.8 Å². The number of oxazole rings is 1. The monoisotopic (exact) mass is 579 g/mol. The highest BCUT2D eigenvalue weighted by molar-refractivity contribution is 7.98. The fourth-order valence-electron chi connectivity index (χ4n) is 4.80. The lowest BCUT2D eigenvalue weighted by molar-refractivity contribution is -0.139. The average Bonchev–Trinajstić information content (AvgIpc) is 3.68. The van der Waals surface area contributed by atoms with Crippen molar-refractivity contribution in [3.63, 3.8) is 0 Å². The Morgan fingerprint density at radius 3 is 2.50 bits per heavy atom. The van der Waals surface area contributed by atoms with Crippen LogP contribution in [-0.4, -0.2) is 39.4 Å². The maximum Gasteiger partial charge on any atom is 0.338 e. The molecule has 1 unspecified atom stereocenters. The molecule has 1 aliphatic heterocycles. The summed E-state index contributed by atoms with van der Waals surface area (Å²) in [5.74, 6) is 2.88. The van der Waals surface area contributed by atoms with E-state index in [1.807, 2.05) is 85.8 Å². The fourth-order valence-corrected chi connectivity index (χ4v) is 5.58. The number of anilines is 1. The Hall–Kier alpha value is -4.83. The number of nitrogens with one attached hydrogen (secondary N) is 1. The van der Waals surface area contributed by atoms with Gasteiger partial charge in [-0.1, -0.05) is 66.4 Å². The lowest BCUT2D eigenvalue weighted by Crippen LogP contribution is -2.29. The third-order valence-corrected chi connectivity index (χ3v) is 7.80. The maximum absolute atomic E-state index is 13.0. The maximum atomic E-state index is 13.0. The third-order valence-electron chi connectivity index (χ3n) is 6.89. The molecule has 1 atom stereocenters. The zero-order valence-electron chi connectivity index (χ0n) is 23.4. The van der Waals surface area contributed by atoms with Crippen LogP contribution in [0.15, 0.2) is 106 Å². The van der Waals surface area contributed by atoms with Gasteiger partial charge in [-0.2, -0.15) is 4.98 Å². The first-order valence-electron chi connectivity index (χ1n) is 13.5. The first-order chi connectivity index (χ1) is 20.5. The number of carbonyl (C=O) groups excluding carboxylic acids is 1. The van der Waals surface area contributed by atoms with Gasteiger partial charge in [0, 0.05) is 22.6 Å². The van der Waals surface area contributed by atoms with Crippen LogP contribution >= 0.6 is 11.8 Å². The van der Waals surface area contributed by atoms with Gasteiger partial charge in [0.1, 0.15) is 11.8 Å². The number of ether oxygens (including phenoxy) is 2. The van der Waals surface area contributed by atoms with Crippen LogP contribution in [0.2, 0.25) is 0 Å². The standard InChI is InChI=1S/C32H29N5O4S/c1-4-40-30(38)27-20(2)34-31-35-32(36-37(31)28(27)23-14-16-25(39-3)17-15-23)42-19-21-10-12-24(13-11-21)29-33-18-26(41-29)22-8-6-5-7-9-22/h5-18,28H,4,19H2,1-3H3,(H,34,35,36). The number of thioether (sulfide) groups is 1. The van der Waals surface area contributed by atoms with Crippen molar-refractivity contribution in [3.8, 4) is 28.5 Å². The molecule has 212 valence electrons. The summed E-state index contributed by atoms with van der Waals surface area (Å²) in [5, 5.41) is 8.64. The summed E-state index contributed by atoms with van der Waals surface area (Å²) in [6.45, 7) is 3.92. The van der Waals surface area contributed by atoms with E-state index in [9.17, 15) is 4.79 Å². The Labute approximate surface area is 247 Å². The molecule has 10 heteroatoms. The van der Waals surface area contributed by atoms with Crippen LogP contribution in [0.4, 0.5) is 5.95 Å². The van der Waals surface area contributed by atoms with E-state index in [-0.39, 0.29) is 12.6 Å². The second kappa shape index (κ2) is 12.0. The summed E-state index contributed by atoms with van der Waals surface area (Å²) >= 11 is 1.52. The van der Waals surface area contributed by atoms with Crippen LogP contribution in [0, 0.1) is 0 Å². The first-order valence-corrected chi connectivity index (χ1v) is 14.5. The highest BCUT2D eigenvalue weighted by Crippen LogP contribution is 2.37. The van der Waals surface area contributed by atoms with Crippen LogP contribution in [0.1, 0.15) is 31.0 Å². The number of benzene rings is 3. The molecule has 3 heterocycles. The van der Waals surface area contributed by atoms with Crippen molar-refractivity contribution in [2.45, 2.75) is 30.8 Å². The summed E-state index contributed by atoms with van der Waals surface area (Å²) in [6, 6.07) is 25.1. The molecule has 0 saturated heterocycles. The zero-order valence-corrected chi connectivity index (χ0v) is 24.2. The second-order valence-corrected chi connectivity index (χ2v) is 10.5. The van der Waals surface area contributed by atoms with Gasteiger partial charge in [0.05, 0.1) is 25.5 Å². The van der Waals surface area contributed by atoms with Gasteiger partial charge in [-0.15, -0.1) is 5.10 Å². The minimum atomic E-state index is -0.492. The van der Waals surface area contributed by atoms with E-state index in [2.05, 4.69) is 10.3 Å². The molecule has 2 aromatic heterocycles. The Kier molecular flexibility index (Phi) is 7.78. The second-order valence-electron chi connectivity index (χ2n) is 9.60. The van der Waals surface area contributed by atoms with E-state index >= 15 is 0 Å². The number of hydrogen-bond donors (Lipinski definition) is 1. The molecule has 42 heavy (non-hydrogen) atoms. The Morgan fingerprint density at radius 1 is 1.02 bits per heavy atom. The van der Waals surface area contributed by atoms with Crippen molar-refractivity contribution in [3.05, 3.63) is 107 Å². The number of methoxy groups -OCH3 is 1. The van der Waals surface area contributed by atoms with Crippen LogP contribution < -0.4 is 10.1 Å². The van der Waals surface area contributed by atoms with Gasteiger partial charge in [-0.3, -0.25) is 0 Å². The topological polar surface area (TPSA) is 104 Å². The van der Waals surface area contributed by atoms with Crippen molar-refractivity contribution in [2.24, 2.45) is 0 Å². The number of hydrogen-bond acceptors (Lipinski definition) is 9. The molecule has 5 aromatic rings. The molecule has 0 fully saturated rings. The van der Waals surface area contributed by atoms with Crippen LogP contribution in [0.25, 0.3) is 22.8 Å². The van der Waals surface area contributed by atoms with Crippen LogP contribution in [-0.2, 0) is 15.3 Å². The van der Waals surface area contributed by atoms with Gasteiger partial charge in [-0.05, 0) is 49.2 Å². The van der Waals surface area contributed by atoms with E-state index in [0.29, 0.717) is 34.0 Å². The molecule has 0 aliphatic carbocycles. The van der Waals surface area contributed by atoms with Crippen molar-refractivity contribution < 1.29 is 18.7 Å². The number of fused-ring (bicyclic) bond motifs is 1. The number of carbonyl (C=O) groups is 1. The normalized spacial score (nSPS) is 14.3. The Balaban J connectivity index is 1.20. The zero-order chi connectivity index (χ0) is 29.1. The van der Waals surface area contributed by atoms with Gasteiger partial charge in [0.15, 0.2) is 5.76 Å². The van der Waals surface area contributed by atoms with Gasteiger partial charge >= 0.3 is 5.97 Å². The molecule has 0 radical (unpaired) electrons. The Bertz CT molecular complexity index is 1730. The Morgan fingerprint density at radius 2 is 1.79 bits per heavy atom. The van der Waals surface area contributed by atoms with Crippen molar-refractivity contribution in [1.82, 2.24) is 19.7 Å². The van der Waals surface area contributed by atoms with Crippen molar-refractivity contribution in [1.29, 1.82) is 0 Å². The molecule has 0 saturated carbocycles. The molecule has 0 spiro atoms. The summed E-state index contributed by atoms with van der Waals surface area (Å²) in [7, 11) is 1.62. The van der Waals surface area contributed by atoms with Gasteiger partial charge in [0.2, 0.25) is 17.0 Å². The molecular weight excluding hydrogens is 550 g/mol. The third kappa shape index (κ3) is 5.53. The smallest absolute Gasteiger partial charge is 0.338 e. The summed E-state index contributed by atoms with van der Waals surface area (Å²) in [5.41, 5.74) is 5.05. The van der Waals surface area contributed by atoms with Crippen molar-refractivity contribution in [2.75, 3.05) is 19.0 Å². The first kappa shape index (κ1) is 27.3. The van der Waals surface area contributed by atoms with E-state index in [1.54, 1.807) is 24.9 Å². The number of aromatic nitrogens is 4. The lowest BCUT2D eigenvalue weighted by Gasteiger charge is -2.28. The molecule has 9 nitrogen and oxygen atoms in total. The van der Waals surface area contributed by atoms with E-state index in [0.717, 1.165) is 33.8 Å². The fraction of sp³-hybridized carbons (Fsp3) is 0.188. The molecule has 3 aromatic carbocycles. The van der Waals surface area contributed by atoms with E-state index in [4.69, 9.17) is 24.0 Å². The molecule has 6 rings (SSSR count). The average molecular weight is 580 g/mol. The summed E-state index contributed by atoms with van der Waals surface area (Å²) < 4.78 is 18.5. The van der Waals surface area contributed by atoms with E-state index < -0.39 is 6.04 Å². The van der Waals surface area contributed by atoms with Crippen LogP contribution in [0.3, 0.4) is 0 Å². The molecule has 0 bridgehead atoms. The quantitative estimate of drug-likeness (QED) is 0.150. The van der Waals surface area contributed by atoms with Crippen molar-refractivity contribution >= 4 is 23.7 Å². The predicted molar refractivity (Wildman–Crippen MR) is 161 cm³/mol. The number of esters is 1. The van der Waals surface area contributed by atoms with Gasteiger partial charge in [-0.25, -0.2) is 14.5 Å². The predicted octanol–water partition coefficient (Wildman–Crippen LogP) is 6.75. The molecule has 0 amide bonds. The van der Waals surface area contributed by atoms with Gasteiger partial charge in [0.25, 0.3) is 0 Å². The minimum Gasteiger partial charge on any atom is -0.497 e. The lowest BCUT2D eigenvalue weighted by atomic mass is 9.96. The highest BCUT2D eigenvalue weighted by Gasteiger charge is 2.35.